The van der Waals surface area contributed by atoms with E-state index in [0.29, 0.717) is 23.0 Å². The van der Waals surface area contributed by atoms with E-state index in [1.165, 1.54) is 6.33 Å². The van der Waals surface area contributed by atoms with Crippen molar-refractivity contribution in [1.29, 1.82) is 0 Å². The molecule has 0 saturated carbocycles. The number of thioether (sulfide) groups is 1. The second-order valence-electron chi connectivity index (χ2n) is 6.52. The molecule has 2 N–H and O–H groups in total. The van der Waals surface area contributed by atoms with Gasteiger partial charge in [0, 0.05) is 10.6 Å². The topological polar surface area (TPSA) is 81.1 Å². The maximum Gasteiger partial charge on any atom is 0.255 e. The Morgan fingerprint density at radius 3 is 2.69 bits per heavy atom. The molecule has 0 saturated heterocycles. The molecule has 7 nitrogen and oxygen atoms in total. The number of para-hydroxylation sites is 2. The van der Waals surface area contributed by atoms with Crippen molar-refractivity contribution < 1.29 is 9.53 Å². The number of amides is 1. The molecule has 1 aromatic heterocycles. The summed E-state index contributed by atoms with van der Waals surface area (Å²) in [7, 11) is 1.58. The van der Waals surface area contributed by atoms with Gasteiger partial charge in [-0.1, -0.05) is 24.3 Å². The highest BCUT2D eigenvalue weighted by Gasteiger charge is 2.33. The molecule has 1 atom stereocenters. The lowest BCUT2D eigenvalue weighted by molar-refractivity contribution is -0.113. The van der Waals surface area contributed by atoms with Gasteiger partial charge in [0.25, 0.3) is 5.91 Å². The number of ether oxygens (including phenoxy) is 1. The second kappa shape index (κ2) is 8.00. The minimum Gasteiger partial charge on any atom is -0.495 e. The van der Waals surface area contributed by atoms with E-state index < -0.39 is 0 Å². The number of nitrogens with zero attached hydrogens (tertiary/aromatic N) is 3. The van der Waals surface area contributed by atoms with Crippen molar-refractivity contribution in [3.63, 3.8) is 0 Å². The van der Waals surface area contributed by atoms with Crippen LogP contribution < -0.4 is 15.4 Å². The molecule has 0 fully saturated rings. The van der Waals surface area contributed by atoms with Crippen molar-refractivity contribution in [2.24, 2.45) is 0 Å². The lowest BCUT2D eigenvalue weighted by atomic mass is 9.95. The van der Waals surface area contributed by atoms with Crippen LogP contribution in [0.15, 0.2) is 71.0 Å². The highest BCUT2D eigenvalue weighted by atomic mass is 32.2. The summed E-state index contributed by atoms with van der Waals surface area (Å²) in [6.45, 7) is 1.87. The zero-order valence-corrected chi connectivity index (χ0v) is 17.2. The number of rotatable bonds is 5. The smallest absolute Gasteiger partial charge is 0.255 e. The molecule has 3 aromatic rings. The van der Waals surface area contributed by atoms with Gasteiger partial charge in [0.1, 0.15) is 18.1 Å². The van der Waals surface area contributed by atoms with Gasteiger partial charge in [-0.05, 0) is 43.0 Å². The number of nitrogens with one attached hydrogen (secondary N) is 2. The van der Waals surface area contributed by atoms with Gasteiger partial charge in [-0.2, -0.15) is 10.1 Å². The summed E-state index contributed by atoms with van der Waals surface area (Å²) < 4.78 is 7.10. The molecule has 0 radical (unpaired) electrons. The van der Waals surface area contributed by atoms with Crippen molar-refractivity contribution in [3.05, 3.63) is 71.7 Å². The summed E-state index contributed by atoms with van der Waals surface area (Å²) in [6.07, 6.45) is 3.52. The van der Waals surface area contributed by atoms with Crippen LogP contribution in [0.3, 0.4) is 0 Å². The first-order valence-corrected chi connectivity index (χ1v) is 10.3. The zero-order chi connectivity index (χ0) is 20.4. The lowest BCUT2D eigenvalue weighted by Crippen LogP contribution is -2.31. The largest absolute Gasteiger partial charge is 0.495 e. The summed E-state index contributed by atoms with van der Waals surface area (Å²) in [5.74, 6) is 0.986. The fraction of sp³-hybridized carbons (Fsp3) is 0.190. The molecule has 0 aliphatic carbocycles. The van der Waals surface area contributed by atoms with Crippen molar-refractivity contribution in [2.45, 2.75) is 17.9 Å². The molecule has 4 rings (SSSR count). The van der Waals surface area contributed by atoms with Crippen molar-refractivity contribution >= 4 is 29.3 Å². The number of allylic oxidation sites excluding steroid dienone is 1. The van der Waals surface area contributed by atoms with Gasteiger partial charge in [-0.3, -0.25) is 4.79 Å². The van der Waals surface area contributed by atoms with E-state index in [9.17, 15) is 4.79 Å². The normalized spacial score (nSPS) is 15.5. The van der Waals surface area contributed by atoms with Crippen LogP contribution >= 0.6 is 11.8 Å². The van der Waals surface area contributed by atoms with E-state index in [1.54, 1.807) is 23.6 Å². The number of hydrogen-bond acceptors (Lipinski definition) is 6. The number of benzene rings is 2. The molecule has 0 unspecified atom stereocenters. The summed E-state index contributed by atoms with van der Waals surface area (Å²) >= 11 is 1.67. The molecule has 0 spiro atoms. The number of carbonyl (C=O) groups excluding carboxylic acids is 1. The molecule has 0 bridgehead atoms. The number of hydrogen-bond donors (Lipinski definition) is 2. The highest BCUT2D eigenvalue weighted by Crippen LogP contribution is 2.36. The Hall–Kier alpha value is -3.26. The minimum absolute atomic E-state index is 0.223. The third-order valence-corrected chi connectivity index (χ3v) is 5.57. The summed E-state index contributed by atoms with van der Waals surface area (Å²) in [6, 6.07) is 15.1. The van der Waals surface area contributed by atoms with Crippen LogP contribution in [0.1, 0.15) is 18.5 Å². The van der Waals surface area contributed by atoms with Crippen molar-refractivity contribution in [3.8, 4) is 5.75 Å². The van der Waals surface area contributed by atoms with E-state index in [2.05, 4.69) is 20.7 Å². The van der Waals surface area contributed by atoms with Gasteiger partial charge in [-0.15, -0.1) is 11.8 Å². The molecular formula is C21H21N5O2S. The third kappa shape index (κ3) is 3.58. The SMILES string of the molecule is COc1ccccc1NC(=O)C1=C(C)Nc2ncnn2[C@@H]1c1ccc(SC)cc1. The average molecular weight is 407 g/mol. The molecule has 2 heterocycles. The first kappa shape index (κ1) is 19.1. The third-order valence-electron chi connectivity index (χ3n) is 4.83. The van der Waals surface area contributed by atoms with Gasteiger partial charge in [0.2, 0.25) is 5.95 Å². The highest BCUT2D eigenvalue weighted by molar-refractivity contribution is 7.98. The quantitative estimate of drug-likeness (QED) is 0.624. The van der Waals surface area contributed by atoms with E-state index in [-0.39, 0.29) is 11.9 Å². The Balaban J connectivity index is 1.75. The molecule has 29 heavy (non-hydrogen) atoms. The monoisotopic (exact) mass is 407 g/mol. The molecule has 1 aliphatic heterocycles. The molecule has 2 aromatic carbocycles. The second-order valence-corrected chi connectivity index (χ2v) is 7.40. The van der Waals surface area contributed by atoms with Crippen LogP contribution in [-0.2, 0) is 4.79 Å². The molecule has 8 heteroatoms. The summed E-state index contributed by atoms with van der Waals surface area (Å²) in [5, 5.41) is 10.5. The van der Waals surface area contributed by atoms with Crippen molar-refractivity contribution in [1.82, 2.24) is 14.8 Å². The Kier molecular flexibility index (Phi) is 5.26. The maximum atomic E-state index is 13.4. The number of anilines is 2. The van der Waals surface area contributed by atoms with Crippen LogP contribution in [-0.4, -0.2) is 34.0 Å². The number of fused-ring (bicyclic) bond motifs is 1. The van der Waals surface area contributed by atoms with E-state index in [0.717, 1.165) is 16.2 Å². The average Bonchev–Trinajstić information content (AvgIpc) is 3.21. The van der Waals surface area contributed by atoms with Gasteiger partial charge >= 0.3 is 0 Å². The van der Waals surface area contributed by atoms with E-state index in [4.69, 9.17) is 4.74 Å². The summed E-state index contributed by atoms with van der Waals surface area (Å²) in [5.41, 5.74) is 2.88. The van der Waals surface area contributed by atoms with E-state index in [1.807, 2.05) is 61.7 Å². The first-order chi connectivity index (χ1) is 14.1. The standard InChI is InChI=1S/C21H21N5O2S/c1-13-18(20(27)25-16-6-4-5-7-17(16)28-2)19(26-21(24-13)22-12-23-26)14-8-10-15(29-3)11-9-14/h4-12,19H,1-3H3,(H,25,27)(H,22,23,24)/t19-/m1/s1. The fourth-order valence-electron chi connectivity index (χ4n) is 3.42. The van der Waals surface area contributed by atoms with Crippen LogP contribution in [0.2, 0.25) is 0 Å². The summed E-state index contributed by atoms with van der Waals surface area (Å²) in [4.78, 5) is 18.8. The molecule has 148 valence electrons. The van der Waals surface area contributed by atoms with Gasteiger partial charge < -0.3 is 15.4 Å². The Morgan fingerprint density at radius 2 is 1.97 bits per heavy atom. The van der Waals surface area contributed by atoms with Crippen LogP contribution in [0.4, 0.5) is 11.6 Å². The Bertz CT molecular complexity index is 1070. The van der Waals surface area contributed by atoms with Crippen LogP contribution in [0.5, 0.6) is 5.75 Å². The Labute approximate surface area is 173 Å². The van der Waals surface area contributed by atoms with Crippen LogP contribution in [0.25, 0.3) is 0 Å². The Morgan fingerprint density at radius 1 is 1.21 bits per heavy atom. The lowest BCUT2D eigenvalue weighted by Gasteiger charge is -2.29. The molecular weight excluding hydrogens is 386 g/mol. The maximum absolute atomic E-state index is 13.4. The van der Waals surface area contributed by atoms with Gasteiger partial charge in [-0.25, -0.2) is 4.68 Å². The van der Waals surface area contributed by atoms with Gasteiger partial charge in [0.15, 0.2) is 0 Å². The number of methoxy groups -OCH3 is 1. The van der Waals surface area contributed by atoms with Crippen LogP contribution in [0, 0.1) is 0 Å². The van der Waals surface area contributed by atoms with Gasteiger partial charge in [0.05, 0.1) is 18.4 Å². The molecule has 1 aliphatic rings. The number of carbonyl (C=O) groups is 1. The fourth-order valence-corrected chi connectivity index (χ4v) is 3.83. The zero-order valence-electron chi connectivity index (χ0n) is 16.3. The van der Waals surface area contributed by atoms with Crippen molar-refractivity contribution in [2.75, 3.05) is 24.0 Å². The first-order valence-electron chi connectivity index (χ1n) is 9.08. The van der Waals surface area contributed by atoms with E-state index >= 15 is 0 Å². The minimum atomic E-state index is -0.389. The predicted molar refractivity (Wildman–Crippen MR) is 114 cm³/mol. The predicted octanol–water partition coefficient (Wildman–Crippen LogP) is 3.94. The number of aromatic nitrogens is 3. The molecule has 1 amide bonds.